The Kier molecular flexibility index (Phi) is 4.70. The molecule has 116 valence electrons. The Balaban J connectivity index is 2.16. The van der Waals surface area contributed by atoms with E-state index in [0.29, 0.717) is 23.6 Å². The maximum Gasteiger partial charge on any atom is 0.337 e. The van der Waals surface area contributed by atoms with Crippen LogP contribution in [0.25, 0.3) is 0 Å². The summed E-state index contributed by atoms with van der Waals surface area (Å²) in [4.78, 5) is 15.0. The van der Waals surface area contributed by atoms with E-state index in [4.69, 9.17) is 15.6 Å². The molecule has 2 rings (SSSR count). The smallest absolute Gasteiger partial charge is 0.337 e. The highest BCUT2D eigenvalue weighted by molar-refractivity contribution is 5.88. The molecule has 1 aromatic heterocycles. The van der Waals surface area contributed by atoms with Crippen molar-refractivity contribution < 1.29 is 14.6 Å². The van der Waals surface area contributed by atoms with Crippen LogP contribution in [0.2, 0.25) is 0 Å². The van der Waals surface area contributed by atoms with E-state index in [1.165, 1.54) is 18.7 Å². The van der Waals surface area contributed by atoms with Gasteiger partial charge in [-0.15, -0.1) is 0 Å². The minimum Gasteiger partial charge on any atom is -0.478 e. The Labute approximate surface area is 125 Å². The number of aromatic nitrogens is 1. The Morgan fingerprint density at radius 1 is 1.48 bits per heavy atom. The van der Waals surface area contributed by atoms with Gasteiger partial charge in [0.15, 0.2) is 0 Å². The van der Waals surface area contributed by atoms with Crippen LogP contribution in [0.1, 0.15) is 50.4 Å². The zero-order chi connectivity index (χ0) is 15.6. The Hall–Kier alpha value is -1.78. The number of hydrogen-bond acceptors (Lipinski definition) is 4. The fourth-order valence-corrected chi connectivity index (χ4v) is 3.08. The summed E-state index contributed by atoms with van der Waals surface area (Å²) >= 11 is 0. The molecule has 3 unspecified atom stereocenters. The van der Waals surface area contributed by atoms with Gasteiger partial charge in [-0.1, -0.05) is 27.2 Å². The monoisotopic (exact) mass is 292 g/mol. The second-order valence-corrected chi connectivity index (χ2v) is 6.41. The quantitative estimate of drug-likeness (QED) is 0.890. The lowest BCUT2D eigenvalue weighted by molar-refractivity contribution is 0.0432. The van der Waals surface area contributed by atoms with Gasteiger partial charge in [0, 0.05) is 6.20 Å². The lowest BCUT2D eigenvalue weighted by atomic mass is 9.75. The molecule has 0 bridgehead atoms. The van der Waals surface area contributed by atoms with E-state index in [1.807, 2.05) is 0 Å². The predicted molar refractivity (Wildman–Crippen MR) is 81.4 cm³/mol. The molecule has 5 heteroatoms. The minimum absolute atomic E-state index is 0.0808. The van der Waals surface area contributed by atoms with Gasteiger partial charge >= 0.3 is 5.97 Å². The molecular formula is C16H24N2O3. The number of rotatable bonds is 4. The van der Waals surface area contributed by atoms with Crippen LogP contribution in [0.4, 0.5) is 5.69 Å². The molecule has 0 amide bonds. The van der Waals surface area contributed by atoms with Crippen molar-refractivity contribution in [3.05, 3.63) is 17.8 Å². The summed E-state index contributed by atoms with van der Waals surface area (Å²) in [5.74, 6) is 0.977. The van der Waals surface area contributed by atoms with Crippen LogP contribution in [-0.4, -0.2) is 22.2 Å². The Bertz CT molecular complexity index is 516. The Morgan fingerprint density at radius 2 is 2.19 bits per heavy atom. The third-order valence-corrected chi connectivity index (χ3v) is 4.35. The van der Waals surface area contributed by atoms with E-state index in [-0.39, 0.29) is 17.4 Å². The zero-order valence-electron chi connectivity index (χ0n) is 12.9. The van der Waals surface area contributed by atoms with E-state index in [2.05, 4.69) is 25.8 Å². The van der Waals surface area contributed by atoms with Gasteiger partial charge in [-0.05, 0) is 36.7 Å². The first-order valence-corrected chi connectivity index (χ1v) is 7.54. The van der Waals surface area contributed by atoms with Gasteiger partial charge < -0.3 is 15.6 Å². The van der Waals surface area contributed by atoms with Gasteiger partial charge in [0.2, 0.25) is 5.88 Å². The van der Waals surface area contributed by atoms with Crippen LogP contribution in [0, 0.1) is 17.8 Å². The third-order valence-electron chi connectivity index (χ3n) is 4.35. The molecule has 1 fully saturated rings. The molecule has 3 atom stereocenters. The van der Waals surface area contributed by atoms with Gasteiger partial charge in [-0.3, -0.25) is 0 Å². The van der Waals surface area contributed by atoms with Crippen molar-refractivity contribution in [2.75, 3.05) is 5.73 Å². The fraction of sp³-hybridized carbons (Fsp3) is 0.625. The fourth-order valence-electron chi connectivity index (χ4n) is 3.08. The van der Waals surface area contributed by atoms with Crippen molar-refractivity contribution >= 4 is 11.7 Å². The maximum atomic E-state index is 10.9. The molecular weight excluding hydrogens is 268 g/mol. The molecule has 1 heterocycles. The number of hydrogen-bond donors (Lipinski definition) is 2. The van der Waals surface area contributed by atoms with E-state index in [1.54, 1.807) is 0 Å². The summed E-state index contributed by atoms with van der Waals surface area (Å²) in [5, 5.41) is 8.93. The van der Waals surface area contributed by atoms with Crippen LogP contribution in [-0.2, 0) is 0 Å². The first-order chi connectivity index (χ1) is 9.88. The van der Waals surface area contributed by atoms with Crippen LogP contribution < -0.4 is 10.5 Å². The SMILES string of the molecule is CC1CCC(C(C)C)C(Oc2ncc(C(=O)O)cc2N)C1. The average Bonchev–Trinajstić information content (AvgIpc) is 2.40. The molecule has 0 saturated heterocycles. The van der Waals surface area contributed by atoms with E-state index >= 15 is 0 Å². The van der Waals surface area contributed by atoms with Gasteiger partial charge in [0.25, 0.3) is 0 Å². The zero-order valence-corrected chi connectivity index (χ0v) is 12.9. The molecule has 1 aliphatic rings. The highest BCUT2D eigenvalue weighted by atomic mass is 16.5. The van der Waals surface area contributed by atoms with Gasteiger partial charge in [-0.2, -0.15) is 0 Å². The predicted octanol–water partition coefficient (Wildman–Crippen LogP) is 3.20. The van der Waals surface area contributed by atoms with E-state index < -0.39 is 5.97 Å². The lowest BCUT2D eigenvalue weighted by Crippen LogP contribution is -2.36. The first kappa shape index (κ1) is 15.6. The van der Waals surface area contributed by atoms with Crippen molar-refractivity contribution in [3.8, 4) is 5.88 Å². The topological polar surface area (TPSA) is 85.4 Å². The number of nitrogens with two attached hydrogens (primary N) is 1. The summed E-state index contributed by atoms with van der Waals surface area (Å²) < 4.78 is 6.04. The second kappa shape index (κ2) is 6.33. The molecule has 3 N–H and O–H groups in total. The molecule has 0 spiro atoms. The molecule has 1 aliphatic carbocycles. The van der Waals surface area contributed by atoms with Crippen molar-refractivity contribution in [2.24, 2.45) is 17.8 Å². The third kappa shape index (κ3) is 3.65. The van der Waals surface area contributed by atoms with Crippen LogP contribution >= 0.6 is 0 Å². The highest BCUT2D eigenvalue weighted by Gasteiger charge is 2.32. The average molecular weight is 292 g/mol. The molecule has 21 heavy (non-hydrogen) atoms. The minimum atomic E-state index is -1.04. The summed E-state index contributed by atoms with van der Waals surface area (Å²) in [6, 6.07) is 1.40. The number of nitrogens with zero attached hydrogens (tertiary/aromatic N) is 1. The molecule has 1 saturated carbocycles. The molecule has 0 radical (unpaired) electrons. The van der Waals surface area contributed by atoms with Gasteiger partial charge in [-0.25, -0.2) is 9.78 Å². The Morgan fingerprint density at radius 3 is 2.76 bits per heavy atom. The summed E-state index contributed by atoms with van der Waals surface area (Å²) in [6.45, 7) is 6.65. The normalized spacial score (nSPS) is 25.8. The summed E-state index contributed by atoms with van der Waals surface area (Å²) in [5.41, 5.74) is 6.25. The van der Waals surface area contributed by atoms with Gasteiger partial charge in [0.05, 0.1) is 11.3 Å². The van der Waals surface area contributed by atoms with Gasteiger partial charge in [0.1, 0.15) is 6.10 Å². The number of ether oxygens (including phenoxy) is 1. The van der Waals surface area contributed by atoms with Crippen molar-refractivity contribution in [3.63, 3.8) is 0 Å². The first-order valence-electron chi connectivity index (χ1n) is 7.54. The van der Waals surface area contributed by atoms with Crippen molar-refractivity contribution in [2.45, 2.75) is 46.1 Å². The molecule has 0 aliphatic heterocycles. The van der Waals surface area contributed by atoms with Crippen LogP contribution in [0.15, 0.2) is 12.3 Å². The molecule has 5 nitrogen and oxygen atoms in total. The number of nitrogen functional groups attached to an aromatic ring is 1. The van der Waals surface area contributed by atoms with Crippen LogP contribution in [0.5, 0.6) is 5.88 Å². The maximum absolute atomic E-state index is 10.9. The number of anilines is 1. The number of carbonyl (C=O) groups is 1. The largest absolute Gasteiger partial charge is 0.478 e. The van der Waals surface area contributed by atoms with Crippen LogP contribution in [0.3, 0.4) is 0 Å². The standard InChI is InChI=1S/C16H24N2O3/c1-9(2)12-5-4-10(3)6-14(12)21-15-13(17)7-11(8-18-15)16(19)20/h7-10,12,14H,4-6,17H2,1-3H3,(H,19,20). The lowest BCUT2D eigenvalue weighted by Gasteiger charge is -2.37. The summed E-state index contributed by atoms with van der Waals surface area (Å²) in [6.07, 6.45) is 4.76. The number of aromatic carboxylic acids is 1. The summed E-state index contributed by atoms with van der Waals surface area (Å²) in [7, 11) is 0. The molecule has 0 aromatic carbocycles. The van der Waals surface area contributed by atoms with E-state index in [0.717, 1.165) is 12.8 Å². The van der Waals surface area contributed by atoms with E-state index in [9.17, 15) is 4.79 Å². The number of carboxylic acid groups (broad SMARTS) is 1. The highest BCUT2D eigenvalue weighted by Crippen LogP contribution is 2.36. The second-order valence-electron chi connectivity index (χ2n) is 6.41. The molecule has 1 aromatic rings. The van der Waals surface area contributed by atoms with Crippen molar-refractivity contribution in [1.29, 1.82) is 0 Å². The number of pyridine rings is 1. The number of carboxylic acids is 1. The van der Waals surface area contributed by atoms with Crippen molar-refractivity contribution in [1.82, 2.24) is 4.98 Å².